The highest BCUT2D eigenvalue weighted by Gasteiger charge is 2.42. The number of fused-ring (bicyclic) bond motifs is 2. The van der Waals surface area contributed by atoms with E-state index >= 15 is 0 Å². The molecular formula is C14H18N2O2. The van der Waals surface area contributed by atoms with Crippen LogP contribution in [-0.4, -0.2) is 23.1 Å². The van der Waals surface area contributed by atoms with Gasteiger partial charge in [0.2, 0.25) is 5.91 Å². The van der Waals surface area contributed by atoms with Gasteiger partial charge in [-0.1, -0.05) is 12.1 Å². The van der Waals surface area contributed by atoms with E-state index in [0.717, 1.165) is 24.1 Å². The van der Waals surface area contributed by atoms with Crippen molar-refractivity contribution in [2.45, 2.75) is 38.0 Å². The predicted molar refractivity (Wildman–Crippen MR) is 69.0 cm³/mol. The first kappa shape index (κ1) is 11.7. The van der Waals surface area contributed by atoms with Crippen LogP contribution in [0.1, 0.15) is 24.8 Å². The number of hydrogen-bond donors (Lipinski definition) is 3. The molecule has 3 N–H and O–H groups in total. The van der Waals surface area contributed by atoms with Gasteiger partial charge in [-0.2, -0.15) is 0 Å². The number of carbonyl (C=O) groups excluding carboxylic acids is 1. The van der Waals surface area contributed by atoms with E-state index in [1.54, 1.807) is 0 Å². The van der Waals surface area contributed by atoms with Crippen molar-refractivity contribution in [1.82, 2.24) is 5.32 Å². The van der Waals surface area contributed by atoms with Crippen LogP contribution in [0.25, 0.3) is 0 Å². The summed E-state index contributed by atoms with van der Waals surface area (Å²) in [6.07, 6.45) is 3.27. The molecule has 0 radical (unpaired) electrons. The number of amides is 1. The number of benzene rings is 1. The molecule has 1 aromatic carbocycles. The molecule has 3 atom stereocenters. The molecule has 2 fully saturated rings. The molecule has 2 heterocycles. The summed E-state index contributed by atoms with van der Waals surface area (Å²) in [5.41, 5.74) is 1.59. The Morgan fingerprint density at radius 2 is 2.33 bits per heavy atom. The van der Waals surface area contributed by atoms with Crippen molar-refractivity contribution in [2.75, 3.05) is 5.32 Å². The van der Waals surface area contributed by atoms with Crippen LogP contribution in [0.3, 0.4) is 0 Å². The van der Waals surface area contributed by atoms with Crippen LogP contribution in [0.2, 0.25) is 0 Å². The molecule has 3 rings (SSSR count). The maximum Gasteiger partial charge on any atom is 0.229 e. The van der Waals surface area contributed by atoms with Gasteiger partial charge >= 0.3 is 0 Å². The van der Waals surface area contributed by atoms with Gasteiger partial charge in [-0.15, -0.1) is 0 Å². The summed E-state index contributed by atoms with van der Waals surface area (Å²) in [6.45, 7) is -0.000602. The van der Waals surface area contributed by atoms with E-state index in [9.17, 15) is 4.79 Å². The third-order valence-corrected chi connectivity index (χ3v) is 4.01. The number of aliphatic hydroxyl groups excluding tert-OH is 1. The molecule has 96 valence electrons. The molecular weight excluding hydrogens is 228 g/mol. The highest BCUT2D eigenvalue weighted by molar-refractivity contribution is 5.93. The van der Waals surface area contributed by atoms with Crippen molar-refractivity contribution in [3.05, 3.63) is 29.8 Å². The predicted octanol–water partition coefficient (Wildman–Crippen LogP) is 1.26. The van der Waals surface area contributed by atoms with Crippen LogP contribution in [0.5, 0.6) is 0 Å². The number of aliphatic hydroxyl groups is 1. The lowest BCUT2D eigenvalue weighted by molar-refractivity contribution is -0.120. The molecule has 2 aliphatic heterocycles. The molecule has 2 bridgehead atoms. The highest BCUT2D eigenvalue weighted by Crippen LogP contribution is 2.33. The zero-order chi connectivity index (χ0) is 12.5. The van der Waals surface area contributed by atoms with Crippen LogP contribution in [0, 0.1) is 5.92 Å². The molecule has 0 spiro atoms. The fourth-order valence-corrected chi connectivity index (χ4v) is 3.10. The Morgan fingerprint density at radius 1 is 1.44 bits per heavy atom. The topological polar surface area (TPSA) is 61.4 Å². The summed E-state index contributed by atoms with van der Waals surface area (Å²) in [5.74, 6) is 0.200. The normalized spacial score (nSPS) is 29.5. The van der Waals surface area contributed by atoms with E-state index < -0.39 is 0 Å². The van der Waals surface area contributed by atoms with Gasteiger partial charge in [0.15, 0.2) is 0 Å². The van der Waals surface area contributed by atoms with Crippen molar-refractivity contribution < 1.29 is 9.90 Å². The van der Waals surface area contributed by atoms with Gasteiger partial charge in [0.25, 0.3) is 0 Å². The van der Waals surface area contributed by atoms with Crippen LogP contribution >= 0.6 is 0 Å². The van der Waals surface area contributed by atoms with Crippen molar-refractivity contribution in [1.29, 1.82) is 0 Å². The summed E-state index contributed by atoms with van der Waals surface area (Å²) < 4.78 is 0. The second-order valence-corrected chi connectivity index (χ2v) is 5.24. The van der Waals surface area contributed by atoms with Gasteiger partial charge in [0.05, 0.1) is 12.5 Å². The van der Waals surface area contributed by atoms with Crippen molar-refractivity contribution in [2.24, 2.45) is 5.92 Å². The molecule has 1 aromatic rings. The van der Waals surface area contributed by atoms with E-state index in [0.29, 0.717) is 12.1 Å². The van der Waals surface area contributed by atoms with Crippen molar-refractivity contribution >= 4 is 11.6 Å². The zero-order valence-corrected chi connectivity index (χ0v) is 10.2. The van der Waals surface area contributed by atoms with Gasteiger partial charge < -0.3 is 15.7 Å². The molecule has 2 aliphatic rings. The molecule has 3 unspecified atom stereocenters. The smallest absolute Gasteiger partial charge is 0.229 e. The minimum Gasteiger partial charge on any atom is -0.392 e. The number of nitrogens with one attached hydrogen (secondary N) is 2. The van der Waals surface area contributed by atoms with E-state index in [2.05, 4.69) is 10.6 Å². The maximum atomic E-state index is 12.2. The lowest BCUT2D eigenvalue weighted by Crippen LogP contribution is -2.32. The molecule has 2 saturated heterocycles. The monoisotopic (exact) mass is 246 g/mol. The highest BCUT2D eigenvalue weighted by atomic mass is 16.3. The SMILES string of the molecule is O=C(Nc1cccc(CO)c1)C1CC2CCC1N2. The Labute approximate surface area is 106 Å². The first-order valence-electron chi connectivity index (χ1n) is 6.53. The summed E-state index contributed by atoms with van der Waals surface area (Å²) in [5, 5.41) is 15.5. The Morgan fingerprint density at radius 3 is 3.00 bits per heavy atom. The lowest BCUT2D eigenvalue weighted by Gasteiger charge is -2.19. The molecule has 0 aliphatic carbocycles. The zero-order valence-electron chi connectivity index (χ0n) is 10.2. The molecule has 18 heavy (non-hydrogen) atoms. The van der Waals surface area contributed by atoms with Crippen LogP contribution in [0.4, 0.5) is 5.69 Å². The number of anilines is 1. The fourth-order valence-electron chi connectivity index (χ4n) is 3.10. The van der Waals surface area contributed by atoms with Crippen molar-refractivity contribution in [3.63, 3.8) is 0 Å². The summed E-state index contributed by atoms with van der Waals surface area (Å²) >= 11 is 0. The lowest BCUT2D eigenvalue weighted by atomic mass is 9.88. The molecule has 0 aromatic heterocycles. The largest absolute Gasteiger partial charge is 0.392 e. The first-order chi connectivity index (χ1) is 8.76. The van der Waals surface area contributed by atoms with Crippen LogP contribution in [0.15, 0.2) is 24.3 Å². The minimum atomic E-state index is -0.000602. The molecule has 1 amide bonds. The van der Waals surface area contributed by atoms with Crippen LogP contribution in [-0.2, 0) is 11.4 Å². The maximum absolute atomic E-state index is 12.2. The Bertz CT molecular complexity index is 461. The first-order valence-corrected chi connectivity index (χ1v) is 6.53. The average molecular weight is 246 g/mol. The fraction of sp³-hybridized carbons (Fsp3) is 0.500. The van der Waals surface area contributed by atoms with Gasteiger partial charge in [0, 0.05) is 17.8 Å². The second-order valence-electron chi connectivity index (χ2n) is 5.24. The summed E-state index contributed by atoms with van der Waals surface area (Å²) in [4.78, 5) is 12.2. The average Bonchev–Trinajstić information content (AvgIpc) is 3.01. The van der Waals surface area contributed by atoms with Gasteiger partial charge in [-0.05, 0) is 37.0 Å². The number of carbonyl (C=O) groups is 1. The third-order valence-electron chi connectivity index (χ3n) is 4.01. The molecule has 4 heteroatoms. The van der Waals surface area contributed by atoms with Gasteiger partial charge in [-0.25, -0.2) is 0 Å². The minimum absolute atomic E-state index is 0.000602. The second kappa shape index (κ2) is 4.71. The number of hydrogen-bond acceptors (Lipinski definition) is 3. The molecule has 0 saturated carbocycles. The standard InChI is InChI=1S/C14H18N2O2/c17-8-9-2-1-3-10(6-9)16-14(18)12-7-11-4-5-13(12)15-11/h1-3,6,11-13,15,17H,4-5,7-8H2,(H,16,18). The van der Waals surface area contributed by atoms with Gasteiger partial charge in [-0.3, -0.25) is 4.79 Å². The van der Waals surface area contributed by atoms with E-state index in [-0.39, 0.29) is 18.4 Å². The quantitative estimate of drug-likeness (QED) is 0.752. The third kappa shape index (κ3) is 2.13. The van der Waals surface area contributed by atoms with Gasteiger partial charge in [0.1, 0.15) is 0 Å². The summed E-state index contributed by atoms with van der Waals surface area (Å²) in [7, 11) is 0. The Kier molecular flexibility index (Phi) is 3.06. The van der Waals surface area contributed by atoms with E-state index in [1.807, 2.05) is 24.3 Å². The van der Waals surface area contributed by atoms with Crippen molar-refractivity contribution in [3.8, 4) is 0 Å². The molecule has 4 nitrogen and oxygen atoms in total. The Hall–Kier alpha value is -1.39. The van der Waals surface area contributed by atoms with Crippen LogP contribution < -0.4 is 10.6 Å². The summed E-state index contributed by atoms with van der Waals surface area (Å²) in [6, 6.07) is 8.26. The Balaban J connectivity index is 1.67. The van der Waals surface area contributed by atoms with E-state index in [1.165, 1.54) is 6.42 Å². The van der Waals surface area contributed by atoms with E-state index in [4.69, 9.17) is 5.11 Å². The number of rotatable bonds is 3.